The van der Waals surface area contributed by atoms with Crippen LogP contribution in [0.2, 0.25) is 0 Å². The van der Waals surface area contributed by atoms with Gasteiger partial charge in [-0.1, -0.05) is 38.7 Å². The van der Waals surface area contributed by atoms with Gasteiger partial charge in [-0.05, 0) is 56.9 Å². The van der Waals surface area contributed by atoms with Crippen molar-refractivity contribution in [1.82, 2.24) is 14.9 Å². The van der Waals surface area contributed by atoms with E-state index >= 15 is 0 Å². The Morgan fingerprint density at radius 2 is 2.07 bits per heavy atom. The molecule has 0 unspecified atom stereocenters. The van der Waals surface area contributed by atoms with E-state index < -0.39 is 0 Å². The lowest BCUT2D eigenvalue weighted by Crippen LogP contribution is -2.30. The van der Waals surface area contributed by atoms with Crippen LogP contribution in [-0.2, 0) is 13.0 Å². The first kappa shape index (κ1) is 20.8. The molecule has 0 atom stereocenters. The lowest BCUT2D eigenvalue weighted by atomic mass is 10.1. The topological polar surface area (TPSA) is 29.9 Å². The highest BCUT2D eigenvalue weighted by atomic mass is 15.0. The van der Waals surface area contributed by atoms with E-state index in [9.17, 15) is 0 Å². The zero-order valence-electron chi connectivity index (χ0n) is 17.5. The predicted molar refractivity (Wildman–Crippen MR) is 118 cm³/mol. The van der Waals surface area contributed by atoms with E-state index in [0.717, 1.165) is 53.5 Å². The molecule has 0 spiro atoms. The average Bonchev–Trinajstić information content (AvgIpc) is 2.97. The van der Waals surface area contributed by atoms with Crippen LogP contribution >= 0.6 is 0 Å². The van der Waals surface area contributed by atoms with Crippen molar-refractivity contribution in [1.29, 1.82) is 0 Å². The molecule has 3 nitrogen and oxygen atoms in total. The van der Waals surface area contributed by atoms with Crippen LogP contribution < -0.4 is 15.9 Å². The molecule has 0 aliphatic rings. The van der Waals surface area contributed by atoms with Crippen molar-refractivity contribution < 1.29 is 0 Å². The minimum atomic E-state index is 0.728. The SMILES string of the molecule is C=C(NCCC)c1cn(Cc2nccc(CC)c2C)/c(=C/C(C)=C\C)c1=C. The molecule has 1 N–H and O–H groups in total. The fraction of sp³-hybridized carbons (Fsp3) is 0.375. The average molecular weight is 364 g/mol. The van der Waals surface area contributed by atoms with Gasteiger partial charge in [-0.25, -0.2) is 0 Å². The predicted octanol–water partition coefficient (Wildman–Crippen LogP) is 3.93. The largest absolute Gasteiger partial charge is 0.385 e. The third-order valence-corrected chi connectivity index (χ3v) is 5.08. The van der Waals surface area contributed by atoms with Gasteiger partial charge in [0.25, 0.3) is 0 Å². The second kappa shape index (κ2) is 9.40. The summed E-state index contributed by atoms with van der Waals surface area (Å²) in [5.41, 5.74) is 6.95. The molecule has 0 fully saturated rings. The van der Waals surface area contributed by atoms with Gasteiger partial charge in [0, 0.05) is 40.8 Å². The minimum Gasteiger partial charge on any atom is -0.385 e. The van der Waals surface area contributed by atoms with Crippen molar-refractivity contribution in [2.24, 2.45) is 0 Å². The normalized spacial score (nSPS) is 12.5. The fourth-order valence-electron chi connectivity index (χ4n) is 3.17. The molecule has 2 aromatic rings. The van der Waals surface area contributed by atoms with Crippen molar-refractivity contribution in [2.45, 2.75) is 54.0 Å². The van der Waals surface area contributed by atoms with E-state index in [1.807, 2.05) is 6.20 Å². The van der Waals surface area contributed by atoms with Crippen LogP contribution in [0.3, 0.4) is 0 Å². The molecule has 0 aliphatic heterocycles. The molecule has 0 saturated heterocycles. The number of hydrogen-bond acceptors (Lipinski definition) is 2. The van der Waals surface area contributed by atoms with E-state index in [2.05, 4.69) is 87.1 Å². The van der Waals surface area contributed by atoms with Gasteiger partial charge >= 0.3 is 0 Å². The Hall–Kier alpha value is -2.55. The Bertz CT molecular complexity index is 945. The zero-order chi connectivity index (χ0) is 20.0. The van der Waals surface area contributed by atoms with Gasteiger partial charge in [-0.3, -0.25) is 4.98 Å². The van der Waals surface area contributed by atoms with Crippen molar-refractivity contribution in [3.63, 3.8) is 0 Å². The minimum absolute atomic E-state index is 0.728. The number of rotatable bonds is 8. The van der Waals surface area contributed by atoms with Crippen LogP contribution in [0.4, 0.5) is 0 Å². The molecule has 3 heteroatoms. The molecule has 0 saturated carbocycles. The van der Waals surface area contributed by atoms with Gasteiger partial charge in [0.1, 0.15) is 0 Å². The third kappa shape index (κ3) is 4.79. The monoisotopic (exact) mass is 363 g/mol. The maximum Gasteiger partial charge on any atom is 0.0651 e. The number of aryl methyl sites for hydroxylation is 1. The van der Waals surface area contributed by atoms with E-state index in [1.54, 1.807) is 0 Å². The fourth-order valence-corrected chi connectivity index (χ4v) is 3.17. The first-order valence-electron chi connectivity index (χ1n) is 9.82. The maximum absolute atomic E-state index is 4.65. The molecule has 2 heterocycles. The molecule has 0 bridgehead atoms. The lowest BCUT2D eigenvalue weighted by Gasteiger charge is -2.10. The first-order chi connectivity index (χ1) is 12.9. The van der Waals surface area contributed by atoms with Crippen molar-refractivity contribution >= 4 is 18.4 Å². The first-order valence-corrected chi connectivity index (χ1v) is 9.82. The Morgan fingerprint density at radius 3 is 2.70 bits per heavy atom. The molecule has 27 heavy (non-hydrogen) atoms. The highest BCUT2D eigenvalue weighted by molar-refractivity contribution is 5.63. The van der Waals surface area contributed by atoms with Crippen molar-refractivity contribution in [2.75, 3.05) is 6.54 Å². The number of pyridine rings is 1. The van der Waals surface area contributed by atoms with Crippen molar-refractivity contribution in [3.05, 3.63) is 69.6 Å². The summed E-state index contributed by atoms with van der Waals surface area (Å²) >= 11 is 0. The Balaban J connectivity index is 2.56. The Kier molecular flexibility index (Phi) is 7.23. The summed E-state index contributed by atoms with van der Waals surface area (Å²) in [6.07, 6.45) is 10.5. The molecule has 2 rings (SSSR count). The lowest BCUT2D eigenvalue weighted by molar-refractivity contribution is 0.746. The Labute approximate surface area is 163 Å². The summed E-state index contributed by atoms with van der Waals surface area (Å²) in [7, 11) is 0. The maximum atomic E-state index is 4.65. The van der Waals surface area contributed by atoms with Crippen LogP contribution in [0.1, 0.15) is 56.5 Å². The molecule has 0 radical (unpaired) electrons. The summed E-state index contributed by atoms with van der Waals surface area (Å²) in [6, 6.07) is 2.11. The van der Waals surface area contributed by atoms with E-state index in [1.165, 1.54) is 16.7 Å². The van der Waals surface area contributed by atoms with Gasteiger partial charge in [-0.15, -0.1) is 0 Å². The number of aromatic nitrogens is 2. The molecule has 144 valence electrons. The van der Waals surface area contributed by atoms with Crippen LogP contribution in [0, 0.1) is 6.92 Å². The number of hydrogen-bond donors (Lipinski definition) is 1. The van der Waals surface area contributed by atoms with Gasteiger partial charge in [0.2, 0.25) is 0 Å². The summed E-state index contributed by atoms with van der Waals surface area (Å²) in [5.74, 6) is 0. The van der Waals surface area contributed by atoms with Gasteiger partial charge in [0.05, 0.1) is 12.2 Å². The van der Waals surface area contributed by atoms with Crippen LogP contribution in [-0.4, -0.2) is 16.1 Å². The molecular formula is C24H33N3. The highest BCUT2D eigenvalue weighted by Gasteiger charge is 2.10. The van der Waals surface area contributed by atoms with Gasteiger partial charge in [-0.2, -0.15) is 0 Å². The van der Waals surface area contributed by atoms with E-state index in [4.69, 9.17) is 0 Å². The van der Waals surface area contributed by atoms with Gasteiger partial charge in [0.15, 0.2) is 0 Å². The molecule has 0 aromatic carbocycles. The number of nitrogens with one attached hydrogen (secondary N) is 1. The molecule has 0 aliphatic carbocycles. The second-order valence-electron chi connectivity index (χ2n) is 7.01. The van der Waals surface area contributed by atoms with Crippen LogP contribution in [0.15, 0.2) is 36.7 Å². The quantitative estimate of drug-likeness (QED) is 0.770. The summed E-state index contributed by atoms with van der Waals surface area (Å²) in [5, 5.41) is 5.52. The zero-order valence-corrected chi connectivity index (χ0v) is 17.5. The molecule has 0 amide bonds. The van der Waals surface area contributed by atoms with Crippen molar-refractivity contribution in [3.8, 4) is 0 Å². The molecule has 2 aromatic heterocycles. The smallest absolute Gasteiger partial charge is 0.0651 e. The third-order valence-electron chi connectivity index (χ3n) is 5.08. The second-order valence-corrected chi connectivity index (χ2v) is 7.01. The van der Waals surface area contributed by atoms with Crippen LogP contribution in [0.5, 0.6) is 0 Å². The number of nitrogens with zero attached hydrogens (tertiary/aromatic N) is 2. The van der Waals surface area contributed by atoms with Gasteiger partial charge < -0.3 is 9.88 Å². The summed E-state index contributed by atoms with van der Waals surface area (Å²) in [4.78, 5) is 4.65. The van der Waals surface area contributed by atoms with E-state index in [-0.39, 0.29) is 0 Å². The van der Waals surface area contributed by atoms with E-state index in [0.29, 0.717) is 0 Å². The highest BCUT2D eigenvalue weighted by Crippen LogP contribution is 2.13. The van der Waals surface area contributed by atoms with Crippen LogP contribution in [0.25, 0.3) is 18.4 Å². The Morgan fingerprint density at radius 1 is 1.33 bits per heavy atom. The molecular weight excluding hydrogens is 330 g/mol. The summed E-state index contributed by atoms with van der Waals surface area (Å²) in [6.45, 7) is 20.9. The standard InChI is InChI=1S/C24H33N3/c1-8-12-25-20(7)22-15-27(24(19(22)6)14-17(4)9-2)16-23-18(5)21(10-3)11-13-26-23/h9,11,13-15,25H,6-8,10,12,16H2,1-5H3/b17-9-,24-14+. The number of allylic oxidation sites excluding steroid dienone is 2. The summed E-state index contributed by atoms with van der Waals surface area (Å²) < 4.78 is 2.25.